The Morgan fingerprint density at radius 3 is 2.31 bits per heavy atom. The Bertz CT molecular complexity index is 1730. The highest BCUT2D eigenvalue weighted by molar-refractivity contribution is 5.89. The summed E-state index contributed by atoms with van der Waals surface area (Å²) in [6.07, 6.45) is -0.439. The number of rotatable bonds is 13. The number of halogens is 1. The average molecular weight is 680 g/mol. The van der Waals surface area contributed by atoms with Crippen LogP contribution in [0.5, 0.6) is 0 Å². The van der Waals surface area contributed by atoms with Crippen LogP contribution in [0, 0.1) is 17.1 Å². The summed E-state index contributed by atoms with van der Waals surface area (Å²) in [5.74, 6) is -0.619. The van der Waals surface area contributed by atoms with Crippen LogP contribution in [0.4, 0.5) is 20.6 Å². The number of nitrogens with one attached hydrogen (secondary N) is 2. The molecule has 4 rings (SSSR count). The fourth-order valence-electron chi connectivity index (χ4n) is 5.70. The predicted molar refractivity (Wildman–Crippen MR) is 184 cm³/mol. The second-order valence-corrected chi connectivity index (χ2v) is 13.1. The van der Waals surface area contributed by atoms with Crippen molar-refractivity contribution in [3.63, 3.8) is 0 Å². The lowest BCUT2D eigenvalue weighted by molar-refractivity contribution is -0.120. The molecule has 0 aliphatic carbocycles. The molecule has 1 fully saturated rings. The van der Waals surface area contributed by atoms with E-state index in [1.165, 1.54) is 16.7 Å². The van der Waals surface area contributed by atoms with Crippen LogP contribution in [-0.4, -0.2) is 91.8 Å². The maximum absolute atomic E-state index is 14.6. The van der Waals surface area contributed by atoms with Crippen LogP contribution in [0.3, 0.4) is 0 Å². The first-order chi connectivity index (χ1) is 23.3. The van der Waals surface area contributed by atoms with Crippen molar-refractivity contribution in [2.75, 3.05) is 62.5 Å². The Hall–Kier alpha value is -4.74. The Balaban J connectivity index is 1.29. The van der Waals surface area contributed by atoms with E-state index in [9.17, 15) is 24.0 Å². The van der Waals surface area contributed by atoms with E-state index in [0.29, 0.717) is 60.8 Å². The number of nitriles is 1. The molecule has 0 spiro atoms. The number of fused-ring (bicyclic) bond motifs is 1. The first-order valence-corrected chi connectivity index (χ1v) is 16.4. The number of nitrogens with zero attached hydrogens (tertiary/aromatic N) is 5. The third-order valence-corrected chi connectivity index (χ3v) is 8.06. The molecule has 0 bridgehead atoms. The lowest BCUT2D eigenvalue weighted by atomic mass is 10.0. The molecule has 2 N–H and O–H groups in total. The van der Waals surface area contributed by atoms with Gasteiger partial charge in [0.2, 0.25) is 5.91 Å². The fraction of sp³-hybridized carbons (Fsp3) is 0.514. The third kappa shape index (κ3) is 10.1. The Morgan fingerprint density at radius 1 is 0.980 bits per heavy atom. The van der Waals surface area contributed by atoms with Crippen LogP contribution in [-0.2, 0) is 32.5 Å². The summed E-state index contributed by atoms with van der Waals surface area (Å²) in [4.78, 5) is 46.1. The number of piperazine rings is 1. The molecule has 264 valence electrons. The minimum atomic E-state index is -0.497. The number of hydrogen-bond donors (Lipinski definition) is 2. The van der Waals surface area contributed by atoms with E-state index < -0.39 is 11.9 Å². The summed E-state index contributed by atoms with van der Waals surface area (Å²) >= 11 is 0. The number of carbonyl (C=O) groups excluding carboxylic acids is 2. The average Bonchev–Trinajstić information content (AvgIpc) is 3.04. The zero-order chi connectivity index (χ0) is 35.7. The second kappa shape index (κ2) is 16.6. The van der Waals surface area contributed by atoms with Gasteiger partial charge in [0, 0.05) is 56.1 Å². The van der Waals surface area contributed by atoms with Crippen LogP contribution in [0.15, 0.2) is 41.2 Å². The molecule has 3 aromatic rings. The molecule has 0 unspecified atom stereocenters. The molecule has 0 saturated carbocycles. The van der Waals surface area contributed by atoms with Crippen LogP contribution in [0.1, 0.15) is 45.9 Å². The quantitative estimate of drug-likeness (QED) is 0.258. The molecule has 3 heterocycles. The van der Waals surface area contributed by atoms with Crippen molar-refractivity contribution >= 4 is 34.4 Å². The summed E-state index contributed by atoms with van der Waals surface area (Å²) in [6.45, 7) is 12.2. The number of anilines is 2. The lowest BCUT2D eigenvalue weighted by Crippen LogP contribution is -2.57. The molecule has 0 radical (unpaired) electrons. The Labute approximate surface area is 285 Å². The molecule has 14 heteroatoms. The zero-order valence-corrected chi connectivity index (χ0v) is 29.0. The van der Waals surface area contributed by atoms with Crippen molar-refractivity contribution in [1.82, 2.24) is 20.2 Å². The van der Waals surface area contributed by atoms with E-state index in [1.54, 1.807) is 31.3 Å². The molecule has 49 heavy (non-hydrogen) atoms. The molecule has 13 nitrogen and oxygen atoms in total. The summed E-state index contributed by atoms with van der Waals surface area (Å²) in [5.41, 5.74) is 2.89. The molecule has 2 amide bonds. The smallest absolute Gasteiger partial charge is 0.407 e. The summed E-state index contributed by atoms with van der Waals surface area (Å²) in [5, 5.41) is 15.0. The number of aromatic nitrogens is 2. The van der Waals surface area contributed by atoms with Gasteiger partial charge in [0.15, 0.2) is 0 Å². The second-order valence-electron chi connectivity index (χ2n) is 13.1. The highest BCUT2D eigenvalue weighted by Crippen LogP contribution is 2.32. The lowest BCUT2D eigenvalue weighted by Gasteiger charge is -2.47. The number of benzene rings is 1. The van der Waals surface area contributed by atoms with Gasteiger partial charge in [0.1, 0.15) is 29.7 Å². The summed E-state index contributed by atoms with van der Waals surface area (Å²) in [7, 11) is 1.68. The summed E-state index contributed by atoms with van der Waals surface area (Å²) in [6, 6.07) is 11.2. The normalized spacial score (nSPS) is 16.4. The van der Waals surface area contributed by atoms with Crippen molar-refractivity contribution in [2.45, 2.75) is 58.7 Å². The van der Waals surface area contributed by atoms with Gasteiger partial charge in [-0.3, -0.25) is 9.59 Å². The van der Waals surface area contributed by atoms with E-state index in [-0.39, 0.29) is 61.0 Å². The molecule has 2 aromatic heterocycles. The van der Waals surface area contributed by atoms with Crippen LogP contribution >= 0.6 is 0 Å². The molecule has 1 saturated heterocycles. The number of hydrogen-bond acceptors (Lipinski definition) is 10. The zero-order valence-electron chi connectivity index (χ0n) is 29.0. The standard InChI is InChI=1S/C35H46FN7O6/c1-23-22-43(30-19-32(45)41(6)28-10-9-27(20-37)39-33(28)30)24(2)21-42(23)29-18-26(36)8-7-25(29)17-31(44)38-11-12-47-13-14-48-15-16-49-34(46)40-35(3,4)5/h7-10,18-19,23-24H,11-17,21-22H2,1-6H3,(H,38,44)(H,40,46)/t23-,24+/m1/s1. The van der Waals surface area contributed by atoms with Crippen molar-refractivity contribution in [1.29, 1.82) is 5.26 Å². The van der Waals surface area contributed by atoms with Gasteiger partial charge in [-0.2, -0.15) is 5.26 Å². The van der Waals surface area contributed by atoms with E-state index in [0.717, 1.165) is 0 Å². The van der Waals surface area contributed by atoms with Crippen molar-refractivity contribution < 1.29 is 28.2 Å². The van der Waals surface area contributed by atoms with E-state index in [1.807, 2.05) is 34.6 Å². The Morgan fingerprint density at radius 2 is 1.63 bits per heavy atom. The van der Waals surface area contributed by atoms with Crippen LogP contribution in [0.2, 0.25) is 0 Å². The number of amides is 2. The molecule has 1 aliphatic rings. The van der Waals surface area contributed by atoms with Crippen molar-refractivity contribution in [3.05, 3.63) is 63.8 Å². The number of carbonyl (C=O) groups is 2. The largest absolute Gasteiger partial charge is 0.447 e. The van der Waals surface area contributed by atoms with Crippen molar-refractivity contribution in [2.24, 2.45) is 7.05 Å². The highest BCUT2D eigenvalue weighted by Gasteiger charge is 2.32. The molecule has 2 atom stereocenters. The van der Waals surface area contributed by atoms with Gasteiger partial charge < -0.3 is 39.2 Å². The maximum Gasteiger partial charge on any atom is 0.407 e. The van der Waals surface area contributed by atoms with Gasteiger partial charge in [-0.05, 0) is 64.4 Å². The highest BCUT2D eigenvalue weighted by atomic mass is 19.1. The molecular formula is C35H46FN7O6. The molecule has 1 aromatic carbocycles. The minimum absolute atomic E-state index is 0.0586. The first kappa shape index (κ1) is 37.1. The van der Waals surface area contributed by atoms with Gasteiger partial charge in [-0.1, -0.05) is 6.07 Å². The number of aryl methyl sites for hydroxylation is 1. The first-order valence-electron chi connectivity index (χ1n) is 16.4. The van der Waals surface area contributed by atoms with Gasteiger partial charge >= 0.3 is 6.09 Å². The molecular weight excluding hydrogens is 633 g/mol. The van der Waals surface area contributed by atoms with Gasteiger partial charge in [0.25, 0.3) is 5.56 Å². The van der Waals surface area contributed by atoms with E-state index >= 15 is 0 Å². The molecule has 1 aliphatic heterocycles. The number of ether oxygens (including phenoxy) is 3. The number of alkyl carbamates (subject to hydrolysis) is 1. The monoisotopic (exact) mass is 679 g/mol. The summed E-state index contributed by atoms with van der Waals surface area (Å²) < 4.78 is 32.1. The maximum atomic E-state index is 14.6. The van der Waals surface area contributed by atoms with Crippen LogP contribution < -0.4 is 26.0 Å². The third-order valence-electron chi connectivity index (χ3n) is 8.06. The van der Waals surface area contributed by atoms with Gasteiger partial charge in [0.05, 0.1) is 44.1 Å². The number of pyridine rings is 2. The SMILES string of the molecule is C[C@@H]1CN(c2cc(=O)n(C)c3ccc(C#N)nc23)[C@@H](C)CN1c1cc(F)ccc1CC(=O)NCCOCCOCCOC(=O)NC(C)(C)C. The Kier molecular flexibility index (Phi) is 12.5. The predicted octanol–water partition coefficient (Wildman–Crippen LogP) is 3.26. The van der Waals surface area contributed by atoms with E-state index in [4.69, 9.17) is 14.2 Å². The van der Waals surface area contributed by atoms with E-state index in [2.05, 4.69) is 31.5 Å². The topological polar surface area (TPSA) is 151 Å². The van der Waals surface area contributed by atoms with Gasteiger partial charge in [-0.25, -0.2) is 14.2 Å². The van der Waals surface area contributed by atoms with Crippen LogP contribution in [0.25, 0.3) is 11.0 Å². The fourth-order valence-corrected chi connectivity index (χ4v) is 5.70. The van der Waals surface area contributed by atoms with Gasteiger partial charge in [-0.15, -0.1) is 0 Å². The minimum Gasteiger partial charge on any atom is -0.447 e. The van der Waals surface area contributed by atoms with Crippen molar-refractivity contribution in [3.8, 4) is 6.07 Å².